The molecule has 4 N–H and O–H groups in total. The zero-order valence-corrected chi connectivity index (χ0v) is 16.9. The molecule has 0 aliphatic carbocycles. The van der Waals surface area contributed by atoms with E-state index in [4.69, 9.17) is 17.3 Å². The molecule has 2 amide bonds. The standard InChI is InChI=1S/C18H19ClFN3O4S/c1-9(2)23-28(26,27)12-4-5-14(19)13(8-12)18(25)22-16-7-11(17(21)24)6-15(20)10(16)3/h4-9,23H,1-3H3,(H2,21,24)(H,22,25). The van der Waals surface area contributed by atoms with Crippen LogP contribution in [0.4, 0.5) is 10.1 Å². The van der Waals surface area contributed by atoms with Gasteiger partial charge in [-0.1, -0.05) is 11.6 Å². The summed E-state index contributed by atoms with van der Waals surface area (Å²) in [6.45, 7) is 4.72. The van der Waals surface area contributed by atoms with Gasteiger partial charge in [0.1, 0.15) is 5.82 Å². The second-order valence-corrected chi connectivity index (χ2v) is 8.49. The van der Waals surface area contributed by atoms with Crippen LogP contribution in [0.1, 0.15) is 40.1 Å². The van der Waals surface area contributed by atoms with Crippen molar-refractivity contribution in [2.45, 2.75) is 31.7 Å². The molecule has 28 heavy (non-hydrogen) atoms. The molecule has 0 atom stereocenters. The van der Waals surface area contributed by atoms with Crippen molar-refractivity contribution in [3.05, 3.63) is 57.9 Å². The highest BCUT2D eigenvalue weighted by atomic mass is 35.5. The van der Waals surface area contributed by atoms with Crippen LogP contribution in [0.15, 0.2) is 35.2 Å². The lowest BCUT2D eigenvalue weighted by Crippen LogP contribution is -2.30. The van der Waals surface area contributed by atoms with Gasteiger partial charge in [-0.05, 0) is 51.1 Å². The maximum absolute atomic E-state index is 14.0. The van der Waals surface area contributed by atoms with Crippen molar-refractivity contribution in [1.29, 1.82) is 0 Å². The molecule has 0 saturated carbocycles. The number of carbonyl (C=O) groups is 2. The van der Waals surface area contributed by atoms with Gasteiger partial charge in [0.15, 0.2) is 0 Å². The fourth-order valence-electron chi connectivity index (χ4n) is 2.36. The Morgan fingerprint density at radius 3 is 2.39 bits per heavy atom. The normalized spacial score (nSPS) is 11.5. The third-order valence-electron chi connectivity index (χ3n) is 3.76. The Bertz CT molecular complexity index is 1060. The van der Waals surface area contributed by atoms with Crippen LogP contribution in [0, 0.1) is 12.7 Å². The number of halogens is 2. The lowest BCUT2D eigenvalue weighted by atomic mass is 10.1. The predicted octanol–water partition coefficient (Wildman–Crippen LogP) is 2.83. The smallest absolute Gasteiger partial charge is 0.257 e. The second kappa shape index (κ2) is 8.26. The first kappa shape index (κ1) is 21.8. The van der Waals surface area contributed by atoms with E-state index in [-0.39, 0.29) is 38.3 Å². The summed E-state index contributed by atoms with van der Waals surface area (Å²) in [5, 5.41) is 2.44. The Morgan fingerprint density at radius 2 is 1.82 bits per heavy atom. The van der Waals surface area contributed by atoms with Crippen LogP contribution in [-0.4, -0.2) is 26.3 Å². The van der Waals surface area contributed by atoms with Crippen LogP contribution in [0.25, 0.3) is 0 Å². The molecule has 10 heteroatoms. The molecule has 0 fully saturated rings. The summed E-state index contributed by atoms with van der Waals surface area (Å²) < 4.78 is 41.0. The second-order valence-electron chi connectivity index (χ2n) is 6.37. The predicted molar refractivity (Wildman–Crippen MR) is 105 cm³/mol. The Labute approximate surface area is 167 Å². The van der Waals surface area contributed by atoms with Crippen molar-refractivity contribution in [1.82, 2.24) is 4.72 Å². The van der Waals surface area contributed by atoms with Gasteiger partial charge in [0.05, 0.1) is 15.5 Å². The Kier molecular flexibility index (Phi) is 6.43. The first-order chi connectivity index (χ1) is 12.9. The highest BCUT2D eigenvalue weighted by Gasteiger charge is 2.21. The van der Waals surface area contributed by atoms with E-state index < -0.39 is 27.7 Å². The van der Waals surface area contributed by atoms with Gasteiger partial charge in [-0.3, -0.25) is 9.59 Å². The van der Waals surface area contributed by atoms with Crippen molar-refractivity contribution in [2.75, 3.05) is 5.32 Å². The maximum Gasteiger partial charge on any atom is 0.257 e. The summed E-state index contributed by atoms with van der Waals surface area (Å²) in [4.78, 5) is 23.8. The average Bonchev–Trinajstić information content (AvgIpc) is 2.57. The number of sulfonamides is 1. The summed E-state index contributed by atoms with van der Waals surface area (Å²) in [7, 11) is -3.85. The number of amides is 2. The summed E-state index contributed by atoms with van der Waals surface area (Å²) >= 11 is 6.04. The van der Waals surface area contributed by atoms with Crippen molar-refractivity contribution < 1.29 is 22.4 Å². The quantitative estimate of drug-likeness (QED) is 0.656. The first-order valence-electron chi connectivity index (χ1n) is 8.15. The first-order valence-corrected chi connectivity index (χ1v) is 10.0. The van der Waals surface area contributed by atoms with Gasteiger partial charge < -0.3 is 11.1 Å². The topological polar surface area (TPSA) is 118 Å². The number of nitrogens with one attached hydrogen (secondary N) is 2. The van der Waals surface area contributed by atoms with Crippen molar-refractivity contribution in [3.63, 3.8) is 0 Å². The summed E-state index contributed by atoms with van der Waals surface area (Å²) in [5.74, 6) is -2.36. The molecule has 0 unspecified atom stereocenters. The molecule has 0 aliphatic rings. The number of carbonyl (C=O) groups excluding carboxylic acids is 2. The van der Waals surface area contributed by atoms with E-state index in [1.165, 1.54) is 25.1 Å². The van der Waals surface area contributed by atoms with E-state index in [0.717, 1.165) is 12.1 Å². The largest absolute Gasteiger partial charge is 0.366 e. The van der Waals surface area contributed by atoms with E-state index in [2.05, 4.69) is 10.0 Å². The molecule has 0 heterocycles. The van der Waals surface area contributed by atoms with Crippen molar-refractivity contribution in [2.24, 2.45) is 5.73 Å². The lowest BCUT2D eigenvalue weighted by molar-refractivity contribution is 0.0995. The SMILES string of the molecule is Cc1c(F)cc(C(N)=O)cc1NC(=O)c1cc(S(=O)(=O)NC(C)C)ccc1Cl. The van der Waals surface area contributed by atoms with Crippen LogP contribution in [-0.2, 0) is 10.0 Å². The van der Waals surface area contributed by atoms with E-state index in [1.54, 1.807) is 13.8 Å². The lowest BCUT2D eigenvalue weighted by Gasteiger charge is -2.13. The summed E-state index contributed by atoms with van der Waals surface area (Å²) in [6.07, 6.45) is 0. The molecule has 2 aromatic rings. The minimum atomic E-state index is -3.85. The Hall–Kier alpha value is -2.49. The number of benzene rings is 2. The molecule has 150 valence electrons. The monoisotopic (exact) mass is 427 g/mol. The summed E-state index contributed by atoms with van der Waals surface area (Å²) in [6, 6.07) is 5.51. The number of primary amides is 1. The zero-order chi connectivity index (χ0) is 21.2. The third kappa shape index (κ3) is 4.86. The highest BCUT2D eigenvalue weighted by molar-refractivity contribution is 7.89. The Balaban J connectivity index is 2.43. The van der Waals surface area contributed by atoms with Gasteiger partial charge in [0, 0.05) is 22.9 Å². The van der Waals surface area contributed by atoms with E-state index >= 15 is 0 Å². The van der Waals surface area contributed by atoms with Gasteiger partial charge in [-0.2, -0.15) is 0 Å². The van der Waals surface area contributed by atoms with Gasteiger partial charge in [0.2, 0.25) is 15.9 Å². The molecule has 0 aliphatic heterocycles. The fourth-order valence-corrected chi connectivity index (χ4v) is 3.84. The van der Waals surface area contributed by atoms with E-state index in [9.17, 15) is 22.4 Å². The molecule has 0 radical (unpaired) electrons. The number of hydrogen-bond acceptors (Lipinski definition) is 4. The summed E-state index contributed by atoms with van der Waals surface area (Å²) in [5.41, 5.74) is 5.01. The minimum Gasteiger partial charge on any atom is -0.366 e. The number of anilines is 1. The van der Waals surface area contributed by atoms with Crippen LogP contribution < -0.4 is 15.8 Å². The minimum absolute atomic E-state index is 0.00479. The average molecular weight is 428 g/mol. The molecule has 2 aromatic carbocycles. The van der Waals surface area contributed by atoms with E-state index in [0.29, 0.717) is 0 Å². The Morgan fingerprint density at radius 1 is 1.18 bits per heavy atom. The molecule has 0 spiro atoms. The number of rotatable bonds is 6. The van der Waals surface area contributed by atoms with Gasteiger partial charge in [0.25, 0.3) is 5.91 Å². The highest BCUT2D eigenvalue weighted by Crippen LogP contribution is 2.25. The molecule has 0 aromatic heterocycles. The number of nitrogens with two attached hydrogens (primary N) is 1. The van der Waals surface area contributed by atoms with Crippen LogP contribution in [0.5, 0.6) is 0 Å². The molecule has 7 nitrogen and oxygen atoms in total. The van der Waals surface area contributed by atoms with Gasteiger partial charge in [-0.25, -0.2) is 17.5 Å². The van der Waals surface area contributed by atoms with Crippen LogP contribution in [0.3, 0.4) is 0 Å². The van der Waals surface area contributed by atoms with E-state index in [1.807, 2.05) is 0 Å². The molecule has 2 rings (SSSR count). The number of hydrogen-bond donors (Lipinski definition) is 3. The molecule has 0 bridgehead atoms. The van der Waals surface area contributed by atoms with Crippen molar-refractivity contribution >= 4 is 39.1 Å². The third-order valence-corrected chi connectivity index (χ3v) is 5.75. The molecular weight excluding hydrogens is 409 g/mol. The van der Waals surface area contributed by atoms with Crippen LogP contribution in [0.2, 0.25) is 5.02 Å². The fraction of sp³-hybridized carbons (Fsp3) is 0.222. The maximum atomic E-state index is 14.0. The molecule has 0 saturated heterocycles. The van der Waals surface area contributed by atoms with Crippen molar-refractivity contribution in [3.8, 4) is 0 Å². The van der Waals surface area contributed by atoms with Gasteiger partial charge >= 0.3 is 0 Å². The van der Waals surface area contributed by atoms with Crippen LogP contribution >= 0.6 is 11.6 Å². The zero-order valence-electron chi connectivity index (χ0n) is 15.3. The van der Waals surface area contributed by atoms with Gasteiger partial charge in [-0.15, -0.1) is 0 Å². The molecular formula is C18H19ClFN3O4S.